The average Bonchev–Trinajstić information content (AvgIpc) is 2.66. The maximum absolute atomic E-state index is 11.6. The maximum atomic E-state index is 11.6. The van der Waals surface area contributed by atoms with Crippen molar-refractivity contribution in [2.24, 2.45) is 0 Å². The Morgan fingerprint density at radius 3 is 2.62 bits per heavy atom. The van der Waals surface area contributed by atoms with Crippen LogP contribution < -0.4 is 0 Å². The van der Waals surface area contributed by atoms with Crippen LogP contribution in [0.15, 0.2) is 5.38 Å². The fraction of sp³-hybridized carbons (Fsp3) is 0.545. The lowest BCUT2D eigenvalue weighted by atomic mass is 10.0. The highest BCUT2D eigenvalue weighted by Crippen LogP contribution is 2.21. The van der Waals surface area contributed by atoms with Crippen molar-refractivity contribution in [3.05, 3.63) is 16.1 Å². The molecule has 0 amide bonds. The number of rotatable bonds is 5. The molecule has 1 aromatic heterocycles. The van der Waals surface area contributed by atoms with E-state index in [0.717, 1.165) is 11.4 Å². The Bertz CT molecular complexity index is 386. The van der Waals surface area contributed by atoms with Gasteiger partial charge in [0.1, 0.15) is 5.78 Å². The van der Waals surface area contributed by atoms with Crippen LogP contribution in [0.5, 0.6) is 0 Å². The zero-order valence-electron chi connectivity index (χ0n) is 9.65. The molecule has 1 atom stereocenters. The lowest BCUT2D eigenvalue weighted by molar-refractivity contribution is -0.147. The van der Waals surface area contributed by atoms with Gasteiger partial charge in [-0.15, -0.1) is 11.3 Å². The number of nitrogens with zero attached hydrogens (tertiary/aromatic N) is 1. The van der Waals surface area contributed by atoms with Crippen LogP contribution in [-0.2, 0) is 20.7 Å². The Hall–Kier alpha value is -1.23. The first-order valence-electron chi connectivity index (χ1n) is 5.21. The first-order chi connectivity index (χ1) is 7.60. The van der Waals surface area contributed by atoms with E-state index in [2.05, 4.69) is 4.98 Å². The topological polar surface area (TPSA) is 56.3 Å². The summed E-state index contributed by atoms with van der Waals surface area (Å²) in [6.45, 7) is 5.35. The molecule has 0 saturated heterocycles. The Morgan fingerprint density at radius 2 is 2.19 bits per heavy atom. The number of ether oxygens (including phenoxy) is 1. The highest BCUT2D eigenvalue weighted by Gasteiger charge is 2.28. The third-order valence-electron chi connectivity index (χ3n) is 2.10. The highest BCUT2D eigenvalue weighted by molar-refractivity contribution is 7.09. The van der Waals surface area contributed by atoms with Crippen LogP contribution >= 0.6 is 11.3 Å². The quantitative estimate of drug-likeness (QED) is 0.584. The van der Waals surface area contributed by atoms with E-state index in [1.54, 1.807) is 12.3 Å². The van der Waals surface area contributed by atoms with Crippen molar-refractivity contribution < 1.29 is 14.3 Å². The molecule has 88 valence electrons. The molecule has 0 bridgehead atoms. The van der Waals surface area contributed by atoms with E-state index in [1.165, 1.54) is 18.3 Å². The zero-order valence-corrected chi connectivity index (χ0v) is 10.5. The lowest BCUT2D eigenvalue weighted by Gasteiger charge is -2.09. The first kappa shape index (κ1) is 12.8. The van der Waals surface area contributed by atoms with E-state index in [9.17, 15) is 9.59 Å². The summed E-state index contributed by atoms with van der Waals surface area (Å²) in [4.78, 5) is 27.3. The molecule has 0 N–H and O–H groups in total. The van der Waals surface area contributed by atoms with E-state index in [0.29, 0.717) is 5.69 Å². The van der Waals surface area contributed by atoms with Crippen LogP contribution in [0.4, 0.5) is 0 Å². The summed E-state index contributed by atoms with van der Waals surface area (Å²) in [5.74, 6) is -1.61. The molecule has 0 aliphatic rings. The molecule has 0 fully saturated rings. The predicted octanol–water partition coefficient (Wildman–Crippen LogP) is 1.94. The van der Waals surface area contributed by atoms with Crippen LogP contribution in [0.25, 0.3) is 0 Å². The van der Waals surface area contributed by atoms with Crippen molar-refractivity contribution in [3.63, 3.8) is 0 Å². The van der Waals surface area contributed by atoms with E-state index in [4.69, 9.17) is 4.74 Å². The molecule has 0 aromatic carbocycles. The van der Waals surface area contributed by atoms with Gasteiger partial charge < -0.3 is 4.74 Å². The highest BCUT2D eigenvalue weighted by atomic mass is 32.1. The van der Waals surface area contributed by atoms with E-state index >= 15 is 0 Å². The van der Waals surface area contributed by atoms with Gasteiger partial charge in [0, 0.05) is 5.38 Å². The normalized spacial score (nSPS) is 12.2. The molecule has 0 aliphatic heterocycles. The van der Waals surface area contributed by atoms with Gasteiger partial charge in [0.05, 0.1) is 17.3 Å². The van der Waals surface area contributed by atoms with Gasteiger partial charge in [-0.1, -0.05) is 6.92 Å². The molecular formula is C11H15NO3S. The third kappa shape index (κ3) is 2.88. The minimum Gasteiger partial charge on any atom is -0.465 e. The molecule has 1 aromatic rings. The second-order valence-electron chi connectivity index (χ2n) is 3.32. The van der Waals surface area contributed by atoms with Gasteiger partial charge >= 0.3 is 5.97 Å². The van der Waals surface area contributed by atoms with Crippen molar-refractivity contribution >= 4 is 23.1 Å². The number of carbonyl (C=O) groups is 2. The van der Waals surface area contributed by atoms with Crippen molar-refractivity contribution in [2.45, 2.75) is 33.1 Å². The van der Waals surface area contributed by atoms with Crippen LogP contribution in [-0.4, -0.2) is 23.3 Å². The summed E-state index contributed by atoms with van der Waals surface area (Å²) < 4.78 is 4.87. The molecule has 4 nitrogen and oxygen atoms in total. The van der Waals surface area contributed by atoms with Crippen LogP contribution in [0.2, 0.25) is 0 Å². The number of thiazole rings is 1. The van der Waals surface area contributed by atoms with Crippen molar-refractivity contribution in [2.75, 3.05) is 6.61 Å². The minimum atomic E-state index is -0.864. The average molecular weight is 241 g/mol. The molecule has 1 unspecified atom stereocenters. The summed E-state index contributed by atoms with van der Waals surface area (Å²) in [5.41, 5.74) is 0.507. The van der Waals surface area contributed by atoms with Crippen LogP contribution in [0.3, 0.4) is 0 Å². The van der Waals surface area contributed by atoms with Crippen molar-refractivity contribution in [1.29, 1.82) is 0 Å². The Labute approximate surface area is 98.6 Å². The van der Waals surface area contributed by atoms with Gasteiger partial charge in [0.15, 0.2) is 5.92 Å². The SMILES string of the molecule is CCOC(=O)C(C(C)=O)c1csc(CC)n1. The number of ketones is 1. The minimum absolute atomic E-state index is 0.230. The fourth-order valence-electron chi connectivity index (χ4n) is 1.34. The molecule has 5 heteroatoms. The molecule has 1 rings (SSSR count). The van der Waals surface area contributed by atoms with E-state index in [1.807, 2.05) is 6.92 Å². The molecular weight excluding hydrogens is 226 g/mol. The summed E-state index contributed by atoms with van der Waals surface area (Å²) in [6, 6.07) is 0. The summed E-state index contributed by atoms with van der Waals surface area (Å²) in [7, 11) is 0. The molecule has 0 aliphatic carbocycles. The second kappa shape index (κ2) is 5.75. The second-order valence-corrected chi connectivity index (χ2v) is 4.26. The molecule has 1 heterocycles. The Balaban J connectivity index is 2.93. The van der Waals surface area contributed by atoms with Crippen LogP contribution in [0.1, 0.15) is 37.4 Å². The molecule has 0 saturated carbocycles. The van der Waals surface area contributed by atoms with Gasteiger partial charge in [-0.05, 0) is 20.3 Å². The van der Waals surface area contributed by atoms with Crippen molar-refractivity contribution in [3.8, 4) is 0 Å². The summed E-state index contributed by atoms with van der Waals surface area (Å²) in [5, 5.41) is 2.67. The van der Waals surface area contributed by atoms with Gasteiger partial charge in [-0.2, -0.15) is 0 Å². The summed E-state index contributed by atoms with van der Waals surface area (Å²) >= 11 is 1.46. The Kier molecular flexibility index (Phi) is 4.61. The molecule has 0 spiro atoms. The molecule has 0 radical (unpaired) electrons. The van der Waals surface area contributed by atoms with E-state index < -0.39 is 11.9 Å². The first-order valence-corrected chi connectivity index (χ1v) is 6.09. The van der Waals surface area contributed by atoms with Crippen molar-refractivity contribution in [1.82, 2.24) is 4.98 Å². The summed E-state index contributed by atoms with van der Waals surface area (Å²) in [6.07, 6.45) is 0.804. The standard InChI is InChI=1S/C11H15NO3S/c1-4-9-12-8(6-16-9)10(7(3)13)11(14)15-5-2/h6,10H,4-5H2,1-3H3. The monoisotopic (exact) mass is 241 g/mol. The lowest BCUT2D eigenvalue weighted by Crippen LogP contribution is -2.22. The number of aryl methyl sites for hydroxylation is 1. The fourth-order valence-corrected chi connectivity index (χ4v) is 2.11. The number of hydrogen-bond acceptors (Lipinski definition) is 5. The smallest absolute Gasteiger partial charge is 0.322 e. The molecule has 16 heavy (non-hydrogen) atoms. The number of esters is 1. The number of Topliss-reactive ketones (excluding diaryl/α,β-unsaturated/α-hetero) is 1. The van der Waals surface area contributed by atoms with Gasteiger partial charge in [0.2, 0.25) is 0 Å². The Morgan fingerprint density at radius 1 is 1.50 bits per heavy atom. The van der Waals surface area contributed by atoms with E-state index in [-0.39, 0.29) is 12.4 Å². The van der Waals surface area contributed by atoms with Gasteiger partial charge in [-0.25, -0.2) is 4.98 Å². The largest absolute Gasteiger partial charge is 0.465 e. The maximum Gasteiger partial charge on any atom is 0.322 e. The predicted molar refractivity (Wildman–Crippen MR) is 61.5 cm³/mol. The number of carbonyl (C=O) groups excluding carboxylic acids is 2. The van der Waals surface area contributed by atoms with Gasteiger partial charge in [-0.3, -0.25) is 9.59 Å². The van der Waals surface area contributed by atoms with Gasteiger partial charge in [0.25, 0.3) is 0 Å². The number of aromatic nitrogens is 1. The zero-order chi connectivity index (χ0) is 12.1. The number of hydrogen-bond donors (Lipinski definition) is 0. The van der Waals surface area contributed by atoms with Crippen LogP contribution in [0, 0.1) is 0 Å². The third-order valence-corrected chi connectivity index (χ3v) is 3.11.